The first-order valence-electron chi connectivity index (χ1n) is 11.4. The zero-order valence-electron chi connectivity index (χ0n) is 20.9. The molecule has 0 heterocycles. The number of hydrogen-bond acceptors (Lipinski definition) is 1. The van der Waals surface area contributed by atoms with Crippen LogP contribution >= 0.6 is 0 Å². The summed E-state index contributed by atoms with van der Waals surface area (Å²) >= 11 is 0. The van der Waals surface area contributed by atoms with Crippen molar-refractivity contribution in [3.8, 4) is 0 Å². The van der Waals surface area contributed by atoms with Gasteiger partial charge in [-0.2, -0.15) is 0 Å². The molecular formula is C30H40O2. The lowest BCUT2D eigenvalue weighted by atomic mass is 9.72. The van der Waals surface area contributed by atoms with Gasteiger partial charge in [-0.15, -0.1) is 0 Å². The summed E-state index contributed by atoms with van der Waals surface area (Å²) < 4.78 is 0. The molecule has 2 heteroatoms. The van der Waals surface area contributed by atoms with Gasteiger partial charge in [-0.25, -0.2) is 4.79 Å². The molecule has 0 amide bonds. The van der Waals surface area contributed by atoms with Crippen LogP contribution in [0.3, 0.4) is 0 Å². The summed E-state index contributed by atoms with van der Waals surface area (Å²) in [5, 5.41) is 8.82. The number of carbonyl (C=O) groups is 1. The maximum absolute atomic E-state index is 10.7. The highest BCUT2D eigenvalue weighted by Crippen LogP contribution is 2.40. The van der Waals surface area contributed by atoms with E-state index in [2.05, 4.69) is 71.1 Å². The van der Waals surface area contributed by atoms with Crippen molar-refractivity contribution < 1.29 is 9.90 Å². The molecule has 1 rings (SSSR count). The molecule has 0 atom stereocenters. The van der Waals surface area contributed by atoms with Crippen molar-refractivity contribution in [1.82, 2.24) is 0 Å². The number of carboxylic acids is 1. The van der Waals surface area contributed by atoms with Crippen molar-refractivity contribution in [3.05, 3.63) is 106 Å². The Hall–Kier alpha value is -2.87. The van der Waals surface area contributed by atoms with Crippen LogP contribution in [0.25, 0.3) is 0 Å². The van der Waals surface area contributed by atoms with Crippen molar-refractivity contribution in [1.29, 1.82) is 0 Å². The van der Waals surface area contributed by atoms with E-state index in [9.17, 15) is 4.79 Å². The number of carboxylic acid groups (broad SMARTS) is 1. The summed E-state index contributed by atoms with van der Waals surface area (Å²) in [5.41, 5.74) is 7.07. The lowest BCUT2D eigenvalue weighted by Crippen LogP contribution is -2.19. The van der Waals surface area contributed by atoms with E-state index in [1.165, 1.54) is 41.6 Å². The first kappa shape index (κ1) is 27.2. The molecule has 0 aromatic heterocycles. The minimum Gasteiger partial charge on any atom is -0.478 e. The maximum Gasteiger partial charge on any atom is 0.331 e. The predicted molar refractivity (Wildman–Crippen MR) is 140 cm³/mol. The van der Waals surface area contributed by atoms with E-state index in [0.717, 1.165) is 5.57 Å². The molecule has 0 saturated carbocycles. The highest BCUT2D eigenvalue weighted by atomic mass is 16.4. The van der Waals surface area contributed by atoms with Gasteiger partial charge in [0.1, 0.15) is 0 Å². The van der Waals surface area contributed by atoms with Crippen LogP contribution in [-0.2, 0) is 4.79 Å². The predicted octanol–water partition coefficient (Wildman–Crippen LogP) is 8.61. The van der Waals surface area contributed by atoms with Gasteiger partial charge in [0.15, 0.2) is 0 Å². The van der Waals surface area contributed by atoms with Crippen molar-refractivity contribution in [2.75, 3.05) is 0 Å². The second-order valence-corrected chi connectivity index (χ2v) is 9.25. The average molecular weight is 433 g/mol. The van der Waals surface area contributed by atoms with Crippen LogP contribution in [0, 0.1) is 5.41 Å². The van der Waals surface area contributed by atoms with Crippen LogP contribution < -0.4 is 0 Å². The number of aliphatic carboxylic acids is 1. The molecule has 0 aromatic carbocycles. The molecule has 0 radical (unpaired) electrons. The van der Waals surface area contributed by atoms with Gasteiger partial charge in [-0.1, -0.05) is 109 Å². The smallest absolute Gasteiger partial charge is 0.331 e. The van der Waals surface area contributed by atoms with Crippen LogP contribution in [-0.4, -0.2) is 11.1 Å². The third kappa shape index (κ3) is 10.4. The van der Waals surface area contributed by atoms with Crippen molar-refractivity contribution in [2.24, 2.45) is 5.41 Å². The standard InChI is InChI=1S/C30H40O2/c1-23(13-8-9-14-24(2)17-11-18-27(5)29(31)32)15-10-16-25(3)20-21-28-26(4)19-12-22-30(28,6)7/h8-11,13-18,20-21H,12,19,22H2,1-7H3,(H,31,32). The van der Waals surface area contributed by atoms with E-state index in [-0.39, 0.29) is 5.41 Å². The highest BCUT2D eigenvalue weighted by molar-refractivity contribution is 5.86. The Bertz CT molecular complexity index is 935. The van der Waals surface area contributed by atoms with Gasteiger partial charge in [0, 0.05) is 5.57 Å². The van der Waals surface area contributed by atoms with Gasteiger partial charge in [0.25, 0.3) is 0 Å². The van der Waals surface area contributed by atoms with Crippen LogP contribution in [0.4, 0.5) is 0 Å². The summed E-state index contributed by atoms with van der Waals surface area (Å²) in [6.07, 6.45) is 27.9. The average Bonchev–Trinajstić information content (AvgIpc) is 2.70. The molecule has 0 aliphatic heterocycles. The van der Waals surface area contributed by atoms with E-state index in [1.807, 2.05) is 31.2 Å². The first-order chi connectivity index (χ1) is 15.0. The molecule has 0 fully saturated rings. The normalized spacial score (nSPS) is 19.3. The highest BCUT2D eigenvalue weighted by Gasteiger charge is 2.26. The van der Waals surface area contributed by atoms with E-state index >= 15 is 0 Å². The minimum absolute atomic E-state index is 0.275. The van der Waals surface area contributed by atoms with Crippen molar-refractivity contribution in [2.45, 2.75) is 67.7 Å². The molecule has 172 valence electrons. The van der Waals surface area contributed by atoms with Crippen molar-refractivity contribution in [3.63, 3.8) is 0 Å². The molecule has 2 nitrogen and oxygen atoms in total. The quantitative estimate of drug-likeness (QED) is 0.292. The van der Waals surface area contributed by atoms with E-state index in [4.69, 9.17) is 5.11 Å². The molecule has 0 unspecified atom stereocenters. The Morgan fingerprint density at radius 2 is 1.31 bits per heavy atom. The van der Waals surface area contributed by atoms with E-state index in [1.54, 1.807) is 19.1 Å². The van der Waals surface area contributed by atoms with Crippen LogP contribution in [0.15, 0.2) is 106 Å². The molecule has 1 N–H and O–H groups in total. The Balaban J connectivity index is 2.65. The van der Waals surface area contributed by atoms with Gasteiger partial charge >= 0.3 is 5.97 Å². The molecule has 0 saturated heterocycles. The Morgan fingerprint density at radius 1 is 0.812 bits per heavy atom. The van der Waals surface area contributed by atoms with Crippen LogP contribution in [0.5, 0.6) is 0 Å². The first-order valence-corrected chi connectivity index (χ1v) is 11.4. The second-order valence-electron chi connectivity index (χ2n) is 9.25. The Labute approximate surface area is 195 Å². The fraction of sp³-hybridized carbons (Fsp3) is 0.367. The molecular weight excluding hydrogens is 392 g/mol. The summed E-state index contributed by atoms with van der Waals surface area (Å²) in [6.45, 7) is 14.7. The van der Waals surface area contributed by atoms with Crippen LogP contribution in [0.1, 0.15) is 67.7 Å². The molecule has 0 bridgehead atoms. The van der Waals surface area contributed by atoms with Gasteiger partial charge in [-0.3, -0.25) is 0 Å². The van der Waals surface area contributed by atoms with Gasteiger partial charge in [-0.05, 0) is 64.9 Å². The lowest BCUT2D eigenvalue weighted by molar-refractivity contribution is -0.132. The van der Waals surface area contributed by atoms with Gasteiger partial charge in [0.05, 0.1) is 0 Å². The fourth-order valence-electron chi connectivity index (χ4n) is 3.57. The zero-order valence-corrected chi connectivity index (χ0v) is 20.9. The summed E-state index contributed by atoms with van der Waals surface area (Å²) in [6, 6.07) is 0. The van der Waals surface area contributed by atoms with E-state index in [0.29, 0.717) is 5.57 Å². The molecule has 1 aliphatic carbocycles. The molecule has 32 heavy (non-hydrogen) atoms. The van der Waals surface area contributed by atoms with Gasteiger partial charge in [0.2, 0.25) is 0 Å². The van der Waals surface area contributed by atoms with Crippen molar-refractivity contribution >= 4 is 5.97 Å². The summed E-state index contributed by atoms with van der Waals surface area (Å²) in [5.74, 6) is -0.897. The number of hydrogen-bond donors (Lipinski definition) is 1. The minimum atomic E-state index is -0.897. The monoisotopic (exact) mass is 432 g/mol. The Kier molecular flexibility index (Phi) is 11.5. The summed E-state index contributed by atoms with van der Waals surface area (Å²) in [7, 11) is 0. The largest absolute Gasteiger partial charge is 0.478 e. The SMILES string of the molecule is CC(C=CC=C(C)C=CC1=C(C)CCCC1(C)C)=CC=CC=C(C)C=CC=C(C)C(=O)O. The Morgan fingerprint density at radius 3 is 1.84 bits per heavy atom. The number of rotatable bonds is 9. The third-order valence-corrected chi connectivity index (χ3v) is 5.65. The van der Waals surface area contributed by atoms with Crippen LogP contribution in [0.2, 0.25) is 0 Å². The second kappa shape index (κ2) is 13.5. The fourth-order valence-corrected chi connectivity index (χ4v) is 3.57. The van der Waals surface area contributed by atoms with E-state index < -0.39 is 5.97 Å². The maximum atomic E-state index is 10.7. The molecule has 1 aliphatic rings. The van der Waals surface area contributed by atoms with Gasteiger partial charge < -0.3 is 5.11 Å². The molecule has 0 spiro atoms. The topological polar surface area (TPSA) is 37.3 Å². The summed E-state index contributed by atoms with van der Waals surface area (Å²) in [4.78, 5) is 10.7. The number of allylic oxidation sites excluding steroid dienone is 17. The third-order valence-electron chi connectivity index (χ3n) is 5.65. The lowest BCUT2D eigenvalue weighted by Gasteiger charge is -2.32. The molecule has 0 aromatic rings. The zero-order chi connectivity index (χ0) is 24.1.